The molecule has 4 heterocycles. The summed E-state index contributed by atoms with van der Waals surface area (Å²) in [6, 6.07) is 9.86. The van der Waals surface area contributed by atoms with Crippen LogP contribution < -0.4 is 9.80 Å². The van der Waals surface area contributed by atoms with Crippen LogP contribution >= 0.6 is 11.3 Å². The Kier molecular flexibility index (Phi) is 4.56. The Morgan fingerprint density at radius 3 is 2.21 bits per heavy atom. The van der Waals surface area contributed by atoms with E-state index < -0.39 is 0 Å². The molecule has 2 aromatic heterocycles. The van der Waals surface area contributed by atoms with Gasteiger partial charge in [-0.3, -0.25) is 4.79 Å². The first kappa shape index (κ1) is 17.4. The second-order valence-corrected chi connectivity index (χ2v) is 8.14. The van der Waals surface area contributed by atoms with Crippen LogP contribution in [0.25, 0.3) is 10.2 Å². The number of benzene rings is 1. The Balaban J connectivity index is 1.22. The first-order chi connectivity index (χ1) is 13.8. The fourth-order valence-corrected chi connectivity index (χ4v) is 4.63. The van der Waals surface area contributed by atoms with Crippen LogP contribution in [0.2, 0.25) is 0 Å². The topological polar surface area (TPSA) is 65.5 Å². The highest BCUT2D eigenvalue weighted by Crippen LogP contribution is 2.22. The second-order valence-electron chi connectivity index (χ2n) is 7.26. The maximum absolute atomic E-state index is 12.9. The van der Waals surface area contributed by atoms with E-state index in [0.717, 1.165) is 53.6 Å². The molecular formula is C20H22N6OS. The smallest absolute Gasteiger partial charge is 0.254 e. The van der Waals surface area contributed by atoms with E-state index in [0.29, 0.717) is 13.1 Å². The molecule has 8 heteroatoms. The van der Waals surface area contributed by atoms with Crippen molar-refractivity contribution in [3.63, 3.8) is 0 Å². The molecule has 0 saturated carbocycles. The summed E-state index contributed by atoms with van der Waals surface area (Å²) in [4.78, 5) is 23.5. The first-order valence-electron chi connectivity index (χ1n) is 9.74. The molecule has 0 spiro atoms. The first-order valence-corrected chi connectivity index (χ1v) is 10.6. The molecule has 5 rings (SSSR count). The third-order valence-corrected chi connectivity index (χ3v) is 6.33. The molecule has 0 atom stereocenters. The molecule has 1 amide bonds. The minimum atomic E-state index is 0.0883. The molecule has 0 N–H and O–H groups in total. The van der Waals surface area contributed by atoms with Crippen molar-refractivity contribution in [2.45, 2.75) is 12.8 Å². The van der Waals surface area contributed by atoms with E-state index >= 15 is 0 Å². The molecule has 2 aliphatic rings. The van der Waals surface area contributed by atoms with Crippen molar-refractivity contribution in [2.24, 2.45) is 0 Å². The SMILES string of the molecule is O=C(c1ccc2ncsc2c1)N1CCN(c2ccc(N3CCCC3)nn2)CC1. The Hall–Kier alpha value is -2.74. The van der Waals surface area contributed by atoms with Gasteiger partial charge < -0.3 is 14.7 Å². The number of piperazine rings is 1. The maximum atomic E-state index is 12.9. The van der Waals surface area contributed by atoms with E-state index in [1.165, 1.54) is 12.8 Å². The van der Waals surface area contributed by atoms with Crippen LogP contribution in [0.15, 0.2) is 35.8 Å². The van der Waals surface area contributed by atoms with E-state index in [9.17, 15) is 4.79 Å². The lowest BCUT2D eigenvalue weighted by Gasteiger charge is -2.35. The lowest BCUT2D eigenvalue weighted by atomic mass is 10.1. The summed E-state index contributed by atoms with van der Waals surface area (Å²) in [5, 5.41) is 8.84. The zero-order valence-corrected chi connectivity index (χ0v) is 16.4. The molecular weight excluding hydrogens is 372 g/mol. The van der Waals surface area contributed by atoms with Gasteiger partial charge in [-0.15, -0.1) is 21.5 Å². The molecule has 2 fully saturated rings. The zero-order valence-electron chi connectivity index (χ0n) is 15.6. The summed E-state index contributed by atoms with van der Waals surface area (Å²) in [5.41, 5.74) is 3.50. The van der Waals surface area contributed by atoms with Crippen LogP contribution in [0.3, 0.4) is 0 Å². The van der Waals surface area contributed by atoms with E-state index in [2.05, 4.69) is 37.1 Å². The van der Waals surface area contributed by atoms with Crippen molar-refractivity contribution in [1.29, 1.82) is 0 Å². The average Bonchev–Trinajstić information content (AvgIpc) is 3.45. The quantitative estimate of drug-likeness (QED) is 0.680. The minimum absolute atomic E-state index is 0.0883. The number of fused-ring (bicyclic) bond motifs is 1. The Labute approximate surface area is 167 Å². The predicted octanol–water partition coefficient (Wildman–Crippen LogP) is 2.65. The van der Waals surface area contributed by atoms with Crippen molar-refractivity contribution in [2.75, 3.05) is 49.1 Å². The van der Waals surface area contributed by atoms with Gasteiger partial charge in [0.05, 0.1) is 15.7 Å². The highest BCUT2D eigenvalue weighted by molar-refractivity contribution is 7.16. The molecule has 0 aliphatic carbocycles. The molecule has 7 nitrogen and oxygen atoms in total. The summed E-state index contributed by atoms with van der Waals surface area (Å²) in [7, 11) is 0. The van der Waals surface area contributed by atoms with E-state index in [-0.39, 0.29) is 5.91 Å². The molecule has 2 aliphatic heterocycles. The normalized spacial score (nSPS) is 17.5. The summed E-state index contributed by atoms with van der Waals surface area (Å²) in [6.45, 7) is 5.06. The van der Waals surface area contributed by atoms with Crippen LogP contribution in [0.1, 0.15) is 23.2 Å². The van der Waals surface area contributed by atoms with Gasteiger partial charge in [0.1, 0.15) is 0 Å². The lowest BCUT2D eigenvalue weighted by Crippen LogP contribution is -2.49. The van der Waals surface area contributed by atoms with Crippen molar-refractivity contribution in [3.8, 4) is 0 Å². The summed E-state index contributed by atoms with van der Waals surface area (Å²) < 4.78 is 1.05. The van der Waals surface area contributed by atoms with Gasteiger partial charge in [0.25, 0.3) is 5.91 Å². The number of hydrogen-bond donors (Lipinski definition) is 0. The van der Waals surface area contributed by atoms with E-state index in [4.69, 9.17) is 0 Å². The number of nitrogens with zero attached hydrogens (tertiary/aromatic N) is 6. The molecule has 0 unspecified atom stereocenters. The Bertz CT molecular complexity index is 974. The summed E-state index contributed by atoms with van der Waals surface area (Å²) in [6.07, 6.45) is 2.46. The average molecular weight is 395 g/mol. The van der Waals surface area contributed by atoms with Gasteiger partial charge in [0.2, 0.25) is 0 Å². The fourth-order valence-electron chi connectivity index (χ4n) is 3.91. The van der Waals surface area contributed by atoms with Gasteiger partial charge in [-0.05, 0) is 43.2 Å². The van der Waals surface area contributed by atoms with Gasteiger partial charge in [-0.1, -0.05) is 0 Å². The molecule has 0 radical (unpaired) electrons. The predicted molar refractivity (Wildman–Crippen MR) is 111 cm³/mol. The number of carbonyl (C=O) groups is 1. The highest BCUT2D eigenvalue weighted by atomic mass is 32.1. The molecule has 28 heavy (non-hydrogen) atoms. The molecule has 1 aromatic carbocycles. The van der Waals surface area contributed by atoms with Crippen molar-refractivity contribution < 1.29 is 4.79 Å². The second kappa shape index (κ2) is 7.35. The number of amides is 1. The van der Waals surface area contributed by atoms with Crippen molar-refractivity contribution in [1.82, 2.24) is 20.1 Å². The lowest BCUT2D eigenvalue weighted by molar-refractivity contribution is 0.0746. The monoisotopic (exact) mass is 394 g/mol. The number of carbonyl (C=O) groups excluding carboxylic acids is 1. The molecule has 0 bridgehead atoms. The summed E-state index contributed by atoms with van der Waals surface area (Å²) in [5.74, 6) is 1.94. The van der Waals surface area contributed by atoms with Gasteiger partial charge in [0, 0.05) is 44.8 Å². The van der Waals surface area contributed by atoms with Gasteiger partial charge in [-0.2, -0.15) is 0 Å². The fraction of sp³-hybridized carbons (Fsp3) is 0.400. The van der Waals surface area contributed by atoms with Crippen LogP contribution in [0, 0.1) is 0 Å². The minimum Gasteiger partial charge on any atom is -0.355 e. The van der Waals surface area contributed by atoms with Gasteiger partial charge >= 0.3 is 0 Å². The van der Waals surface area contributed by atoms with Crippen LogP contribution in [0.4, 0.5) is 11.6 Å². The third kappa shape index (κ3) is 3.28. The Morgan fingerprint density at radius 1 is 0.857 bits per heavy atom. The van der Waals surface area contributed by atoms with E-state index in [1.54, 1.807) is 11.3 Å². The number of hydrogen-bond acceptors (Lipinski definition) is 7. The number of anilines is 2. The number of aromatic nitrogens is 3. The van der Waals surface area contributed by atoms with Crippen LogP contribution in [0.5, 0.6) is 0 Å². The molecule has 3 aromatic rings. The maximum Gasteiger partial charge on any atom is 0.254 e. The summed E-state index contributed by atoms with van der Waals surface area (Å²) >= 11 is 1.56. The van der Waals surface area contributed by atoms with Crippen LogP contribution in [-0.2, 0) is 0 Å². The van der Waals surface area contributed by atoms with Crippen molar-refractivity contribution in [3.05, 3.63) is 41.4 Å². The highest BCUT2D eigenvalue weighted by Gasteiger charge is 2.24. The standard InChI is InChI=1S/C20H22N6OS/c27-20(15-3-4-16-17(13-15)28-14-21-16)26-11-9-25(10-12-26)19-6-5-18(22-23-19)24-7-1-2-8-24/h3-6,13-14H,1-2,7-12H2. The zero-order chi connectivity index (χ0) is 18.9. The number of rotatable bonds is 3. The number of thiazole rings is 1. The van der Waals surface area contributed by atoms with Crippen molar-refractivity contribution >= 4 is 39.1 Å². The van der Waals surface area contributed by atoms with E-state index in [1.807, 2.05) is 28.6 Å². The largest absolute Gasteiger partial charge is 0.355 e. The Morgan fingerprint density at radius 2 is 1.54 bits per heavy atom. The van der Waals surface area contributed by atoms with Gasteiger partial charge in [0.15, 0.2) is 11.6 Å². The third-order valence-electron chi connectivity index (χ3n) is 5.54. The van der Waals surface area contributed by atoms with Gasteiger partial charge in [-0.25, -0.2) is 4.98 Å². The molecule has 2 saturated heterocycles. The van der Waals surface area contributed by atoms with Crippen LogP contribution in [-0.4, -0.2) is 65.3 Å². The molecule has 144 valence electrons.